The Labute approximate surface area is 172 Å². The normalized spacial score (nSPS) is 10.2. The summed E-state index contributed by atoms with van der Waals surface area (Å²) in [6, 6.07) is 9.83. The zero-order valence-electron chi connectivity index (χ0n) is 16.4. The van der Waals surface area contributed by atoms with Crippen LogP contribution in [-0.2, 0) is 20.9 Å². The van der Waals surface area contributed by atoms with Gasteiger partial charge in [0.25, 0.3) is 11.8 Å². The molecule has 0 saturated heterocycles. The van der Waals surface area contributed by atoms with Crippen LogP contribution in [0.4, 0.5) is 8.78 Å². The van der Waals surface area contributed by atoms with Crippen molar-refractivity contribution < 1.29 is 32.6 Å². The van der Waals surface area contributed by atoms with Crippen molar-refractivity contribution in [1.82, 2.24) is 10.6 Å². The molecular weight excluding hydrogens is 398 g/mol. The van der Waals surface area contributed by atoms with Gasteiger partial charge in [-0.2, -0.15) is 0 Å². The number of halogens is 2. The van der Waals surface area contributed by atoms with Crippen LogP contribution in [0.2, 0.25) is 0 Å². The van der Waals surface area contributed by atoms with Crippen LogP contribution in [0.3, 0.4) is 0 Å². The number of nitrogens with one attached hydrogen (secondary N) is 2. The minimum absolute atomic E-state index is 0.0357. The van der Waals surface area contributed by atoms with E-state index in [2.05, 4.69) is 10.6 Å². The van der Waals surface area contributed by atoms with Crippen molar-refractivity contribution in [3.8, 4) is 5.75 Å². The van der Waals surface area contributed by atoms with E-state index in [1.807, 2.05) is 12.1 Å². The Morgan fingerprint density at radius 3 is 2.53 bits per heavy atom. The van der Waals surface area contributed by atoms with Crippen molar-refractivity contribution >= 4 is 17.8 Å². The van der Waals surface area contributed by atoms with E-state index in [9.17, 15) is 23.2 Å². The molecule has 0 heterocycles. The van der Waals surface area contributed by atoms with Gasteiger partial charge in [0.1, 0.15) is 17.4 Å². The van der Waals surface area contributed by atoms with E-state index in [1.165, 1.54) is 7.11 Å². The predicted octanol–water partition coefficient (Wildman–Crippen LogP) is 2.34. The third-order valence-electron chi connectivity index (χ3n) is 4.05. The number of hydrogen-bond acceptors (Lipinski definition) is 5. The molecule has 0 radical (unpaired) electrons. The number of hydrogen-bond donors (Lipinski definition) is 2. The molecule has 160 valence electrons. The van der Waals surface area contributed by atoms with Gasteiger partial charge in [0.05, 0.1) is 12.7 Å². The lowest BCUT2D eigenvalue weighted by Crippen LogP contribution is -2.29. The first-order valence-corrected chi connectivity index (χ1v) is 9.18. The first kappa shape index (κ1) is 22.8. The Morgan fingerprint density at radius 1 is 1.03 bits per heavy atom. The van der Waals surface area contributed by atoms with Crippen molar-refractivity contribution in [2.75, 3.05) is 20.3 Å². The molecule has 0 aliphatic carbocycles. The lowest BCUT2D eigenvalue weighted by molar-refractivity contribution is -0.148. The molecule has 0 saturated carbocycles. The lowest BCUT2D eigenvalue weighted by Gasteiger charge is -2.10. The summed E-state index contributed by atoms with van der Waals surface area (Å²) in [6.45, 7) is -0.113. The quantitative estimate of drug-likeness (QED) is 0.455. The van der Waals surface area contributed by atoms with Crippen molar-refractivity contribution in [2.24, 2.45) is 0 Å². The second-order valence-corrected chi connectivity index (χ2v) is 6.23. The topological polar surface area (TPSA) is 93.7 Å². The number of benzene rings is 2. The largest absolute Gasteiger partial charge is 0.496 e. The average Bonchev–Trinajstić information content (AvgIpc) is 2.73. The van der Waals surface area contributed by atoms with Crippen LogP contribution in [0.25, 0.3) is 0 Å². The Bertz CT molecular complexity index is 905. The maximum Gasteiger partial charge on any atom is 0.306 e. The maximum atomic E-state index is 13.5. The van der Waals surface area contributed by atoms with E-state index in [4.69, 9.17) is 9.47 Å². The summed E-state index contributed by atoms with van der Waals surface area (Å²) in [7, 11) is 1.53. The molecule has 0 aliphatic heterocycles. The molecule has 2 aromatic rings. The van der Waals surface area contributed by atoms with Crippen molar-refractivity contribution in [1.29, 1.82) is 0 Å². The summed E-state index contributed by atoms with van der Waals surface area (Å²) >= 11 is 0. The van der Waals surface area contributed by atoms with E-state index in [0.29, 0.717) is 11.8 Å². The van der Waals surface area contributed by atoms with E-state index in [0.717, 1.165) is 17.7 Å². The molecule has 0 bridgehead atoms. The number of carbonyl (C=O) groups excluding carboxylic acids is 3. The van der Waals surface area contributed by atoms with Gasteiger partial charge in [-0.15, -0.1) is 0 Å². The molecule has 2 aromatic carbocycles. The first-order valence-electron chi connectivity index (χ1n) is 9.18. The van der Waals surface area contributed by atoms with E-state index in [1.54, 1.807) is 12.1 Å². The van der Waals surface area contributed by atoms with Crippen molar-refractivity contribution in [2.45, 2.75) is 19.4 Å². The number of ether oxygens (including phenoxy) is 2. The molecule has 0 spiro atoms. The molecular formula is C21H22F2N2O5. The fourth-order valence-corrected chi connectivity index (χ4v) is 2.52. The van der Waals surface area contributed by atoms with Crippen LogP contribution >= 0.6 is 0 Å². The van der Waals surface area contributed by atoms with Crippen molar-refractivity contribution in [3.63, 3.8) is 0 Å². The van der Waals surface area contributed by atoms with Gasteiger partial charge in [0.15, 0.2) is 6.61 Å². The lowest BCUT2D eigenvalue weighted by atomic mass is 10.2. The highest BCUT2D eigenvalue weighted by molar-refractivity contribution is 5.94. The predicted molar refractivity (Wildman–Crippen MR) is 104 cm³/mol. The van der Waals surface area contributed by atoms with Crippen LogP contribution in [0, 0.1) is 11.6 Å². The number of carbonyl (C=O) groups is 3. The third-order valence-corrected chi connectivity index (χ3v) is 4.05. The summed E-state index contributed by atoms with van der Waals surface area (Å²) in [5.74, 6) is -2.89. The first-order chi connectivity index (χ1) is 14.4. The van der Waals surface area contributed by atoms with Gasteiger partial charge in [-0.1, -0.05) is 18.2 Å². The van der Waals surface area contributed by atoms with Gasteiger partial charge in [0.2, 0.25) is 0 Å². The number of para-hydroxylation sites is 1. The number of methoxy groups -OCH3 is 1. The molecule has 0 fully saturated rings. The molecule has 9 heteroatoms. The summed E-state index contributed by atoms with van der Waals surface area (Å²) in [4.78, 5) is 35.3. The van der Waals surface area contributed by atoms with Crippen LogP contribution in [0.1, 0.15) is 28.8 Å². The highest BCUT2D eigenvalue weighted by Crippen LogP contribution is 2.16. The van der Waals surface area contributed by atoms with E-state index < -0.39 is 36.0 Å². The second-order valence-electron chi connectivity index (χ2n) is 6.23. The Hall–Kier alpha value is -3.49. The van der Waals surface area contributed by atoms with Gasteiger partial charge in [-0.3, -0.25) is 14.4 Å². The third kappa shape index (κ3) is 7.16. The van der Waals surface area contributed by atoms with Crippen LogP contribution < -0.4 is 15.4 Å². The SMILES string of the molecule is COc1ccccc1CNC(=O)COC(=O)CCCNC(=O)c1ccc(F)cc1F. The molecule has 0 atom stereocenters. The molecule has 7 nitrogen and oxygen atoms in total. The van der Waals surface area contributed by atoms with Gasteiger partial charge in [-0.05, 0) is 24.6 Å². The summed E-state index contributed by atoms with van der Waals surface area (Å²) in [5, 5.41) is 5.05. The van der Waals surface area contributed by atoms with E-state index >= 15 is 0 Å². The van der Waals surface area contributed by atoms with Crippen molar-refractivity contribution in [3.05, 3.63) is 65.2 Å². The molecule has 0 aliphatic rings. The smallest absolute Gasteiger partial charge is 0.306 e. The number of esters is 1. The zero-order valence-corrected chi connectivity index (χ0v) is 16.4. The Kier molecular flexibility index (Phi) is 8.74. The monoisotopic (exact) mass is 420 g/mol. The zero-order chi connectivity index (χ0) is 21.9. The minimum Gasteiger partial charge on any atom is -0.496 e. The fraction of sp³-hybridized carbons (Fsp3) is 0.286. The summed E-state index contributed by atoms with van der Waals surface area (Å²) in [6.07, 6.45) is 0.197. The van der Waals surface area contributed by atoms with E-state index in [-0.39, 0.29) is 31.5 Å². The summed E-state index contributed by atoms with van der Waals surface area (Å²) < 4.78 is 36.4. The average molecular weight is 420 g/mol. The minimum atomic E-state index is -0.967. The summed E-state index contributed by atoms with van der Waals surface area (Å²) in [5.41, 5.74) is 0.499. The van der Waals surface area contributed by atoms with Crippen LogP contribution in [0.5, 0.6) is 5.75 Å². The van der Waals surface area contributed by atoms with Gasteiger partial charge < -0.3 is 20.1 Å². The standard InChI is InChI=1S/C21H22F2N2O5/c1-29-18-6-3-2-5-14(18)12-25-19(26)13-30-20(27)7-4-10-24-21(28)16-9-8-15(22)11-17(16)23/h2-3,5-6,8-9,11H,4,7,10,12-13H2,1H3,(H,24,28)(H,25,26). The molecule has 2 rings (SSSR count). The van der Waals surface area contributed by atoms with Gasteiger partial charge >= 0.3 is 5.97 Å². The number of rotatable bonds is 10. The second kappa shape index (κ2) is 11.5. The fourth-order valence-electron chi connectivity index (χ4n) is 2.52. The maximum absolute atomic E-state index is 13.5. The molecule has 30 heavy (non-hydrogen) atoms. The Balaban J connectivity index is 1.62. The highest BCUT2D eigenvalue weighted by Gasteiger charge is 2.13. The molecule has 2 N–H and O–H groups in total. The highest BCUT2D eigenvalue weighted by atomic mass is 19.1. The Morgan fingerprint density at radius 2 is 1.80 bits per heavy atom. The van der Waals surface area contributed by atoms with Gasteiger partial charge in [0, 0.05) is 31.1 Å². The number of amides is 2. The van der Waals surface area contributed by atoms with Crippen LogP contribution in [0.15, 0.2) is 42.5 Å². The van der Waals surface area contributed by atoms with Crippen LogP contribution in [-0.4, -0.2) is 38.0 Å². The molecule has 0 aromatic heterocycles. The van der Waals surface area contributed by atoms with Gasteiger partial charge in [-0.25, -0.2) is 8.78 Å². The molecule has 2 amide bonds. The molecule has 0 unspecified atom stereocenters.